The van der Waals surface area contributed by atoms with Crippen LogP contribution in [0.2, 0.25) is 5.15 Å². The first-order valence-electron chi connectivity index (χ1n) is 9.11. The van der Waals surface area contributed by atoms with E-state index in [2.05, 4.69) is 15.3 Å². The average Bonchev–Trinajstić information content (AvgIpc) is 2.66. The Balaban J connectivity index is 2.28. The fourth-order valence-corrected chi connectivity index (χ4v) is 2.47. The number of esters is 1. The predicted octanol–water partition coefficient (Wildman–Crippen LogP) is 4.31. The summed E-state index contributed by atoms with van der Waals surface area (Å²) < 4.78 is 10.2. The summed E-state index contributed by atoms with van der Waals surface area (Å²) in [5, 5.41) is 2.48. The number of halogens is 1. The first-order valence-corrected chi connectivity index (χ1v) is 9.48. The number of Topliss-reactive ketones (excluding diaryl/α,β-unsaturated/α-hetero) is 1. The van der Waals surface area contributed by atoms with E-state index in [1.165, 1.54) is 30.6 Å². The molecule has 2 aromatic heterocycles. The second kappa shape index (κ2) is 9.98. The minimum absolute atomic E-state index is 0.0206. The van der Waals surface area contributed by atoms with Crippen LogP contribution in [0, 0.1) is 0 Å². The maximum atomic E-state index is 12.8. The molecule has 8 nitrogen and oxygen atoms in total. The summed E-state index contributed by atoms with van der Waals surface area (Å²) in [5.74, 6) is -1.17. The largest absolute Gasteiger partial charge is 0.462 e. The average molecular weight is 432 g/mol. The maximum absolute atomic E-state index is 12.8. The molecule has 0 saturated heterocycles. The lowest BCUT2D eigenvalue weighted by molar-refractivity contribution is -0.137. The Bertz CT molecular complexity index is 965. The molecule has 0 aromatic carbocycles. The fourth-order valence-electron chi connectivity index (χ4n) is 2.27. The number of nitrogens with one attached hydrogen (secondary N) is 1. The molecule has 0 saturated carbocycles. The van der Waals surface area contributed by atoms with Crippen molar-refractivity contribution in [2.75, 3.05) is 11.9 Å². The molecule has 0 atom stereocenters. The number of aromatic nitrogens is 2. The van der Waals surface area contributed by atoms with Crippen molar-refractivity contribution in [1.82, 2.24) is 9.97 Å². The van der Waals surface area contributed by atoms with Gasteiger partial charge in [0.15, 0.2) is 0 Å². The van der Waals surface area contributed by atoms with Gasteiger partial charge in [0.1, 0.15) is 22.1 Å². The SMILES string of the molecule is CCOC(=O)/C(=C/c1ccc(NC(=O)OC(C)(C)C)nc1)C(=O)c1cccnc1Cl. The monoisotopic (exact) mass is 431 g/mol. The number of amides is 1. The van der Waals surface area contributed by atoms with Crippen LogP contribution in [0.4, 0.5) is 10.6 Å². The Hall–Kier alpha value is -3.26. The Morgan fingerprint density at radius 1 is 1.17 bits per heavy atom. The molecule has 30 heavy (non-hydrogen) atoms. The van der Waals surface area contributed by atoms with Crippen molar-refractivity contribution in [2.24, 2.45) is 0 Å². The zero-order chi connectivity index (χ0) is 22.3. The van der Waals surface area contributed by atoms with Gasteiger partial charge in [-0.05, 0) is 63.6 Å². The lowest BCUT2D eigenvalue weighted by Crippen LogP contribution is -2.27. The van der Waals surface area contributed by atoms with E-state index in [4.69, 9.17) is 21.1 Å². The molecule has 0 radical (unpaired) electrons. The molecular weight excluding hydrogens is 410 g/mol. The minimum atomic E-state index is -0.793. The third-order valence-electron chi connectivity index (χ3n) is 3.47. The topological polar surface area (TPSA) is 107 Å². The van der Waals surface area contributed by atoms with Gasteiger partial charge in [0.05, 0.1) is 12.2 Å². The van der Waals surface area contributed by atoms with E-state index >= 15 is 0 Å². The summed E-state index contributed by atoms with van der Waals surface area (Å²) in [6.07, 6.45) is 3.53. The molecule has 2 rings (SSSR count). The highest BCUT2D eigenvalue weighted by molar-refractivity contribution is 6.36. The molecule has 0 unspecified atom stereocenters. The molecule has 2 aromatic rings. The van der Waals surface area contributed by atoms with Gasteiger partial charge < -0.3 is 9.47 Å². The zero-order valence-electron chi connectivity index (χ0n) is 17.1. The van der Waals surface area contributed by atoms with Crippen LogP contribution in [0.15, 0.2) is 42.2 Å². The highest BCUT2D eigenvalue weighted by Gasteiger charge is 2.23. The Labute approximate surface area is 179 Å². The molecular formula is C21H22ClN3O5. The molecule has 1 amide bonds. The number of ether oxygens (including phenoxy) is 2. The molecule has 9 heteroatoms. The number of hydrogen-bond acceptors (Lipinski definition) is 7. The van der Waals surface area contributed by atoms with Crippen molar-refractivity contribution in [3.63, 3.8) is 0 Å². The van der Waals surface area contributed by atoms with E-state index in [0.717, 1.165) is 0 Å². The standard InChI is InChI=1S/C21H22ClN3O5/c1-5-29-19(27)15(17(26)14-7-6-10-23-18(14)22)11-13-8-9-16(24-12-13)25-20(28)30-21(2,3)4/h6-12H,5H2,1-4H3,(H,24,25,28)/b15-11+. The Morgan fingerprint density at radius 3 is 2.47 bits per heavy atom. The van der Waals surface area contributed by atoms with Gasteiger partial charge in [-0.15, -0.1) is 0 Å². The van der Waals surface area contributed by atoms with Crippen molar-refractivity contribution >= 4 is 41.3 Å². The van der Waals surface area contributed by atoms with Crippen LogP contribution in [0.3, 0.4) is 0 Å². The number of carbonyl (C=O) groups is 3. The van der Waals surface area contributed by atoms with Gasteiger partial charge in [-0.3, -0.25) is 10.1 Å². The third kappa shape index (κ3) is 6.66. The van der Waals surface area contributed by atoms with E-state index in [1.807, 2.05) is 0 Å². The lowest BCUT2D eigenvalue weighted by atomic mass is 10.0. The van der Waals surface area contributed by atoms with Gasteiger partial charge in [0.2, 0.25) is 5.78 Å². The van der Waals surface area contributed by atoms with E-state index in [-0.39, 0.29) is 28.7 Å². The molecule has 0 bridgehead atoms. The predicted molar refractivity (Wildman–Crippen MR) is 112 cm³/mol. The normalized spacial score (nSPS) is 11.6. The summed E-state index contributed by atoms with van der Waals surface area (Å²) >= 11 is 5.99. The number of nitrogens with zero attached hydrogens (tertiary/aromatic N) is 2. The molecule has 0 aliphatic carbocycles. The van der Waals surface area contributed by atoms with Gasteiger partial charge >= 0.3 is 12.1 Å². The molecule has 0 aliphatic heterocycles. The van der Waals surface area contributed by atoms with Crippen LogP contribution in [-0.2, 0) is 14.3 Å². The lowest BCUT2D eigenvalue weighted by Gasteiger charge is -2.19. The molecule has 2 heterocycles. The smallest absolute Gasteiger partial charge is 0.413 e. The molecule has 0 spiro atoms. The maximum Gasteiger partial charge on any atom is 0.413 e. The van der Waals surface area contributed by atoms with Crippen molar-refractivity contribution in [3.05, 3.63) is 58.5 Å². The van der Waals surface area contributed by atoms with Gasteiger partial charge in [0, 0.05) is 12.4 Å². The van der Waals surface area contributed by atoms with Crippen molar-refractivity contribution < 1.29 is 23.9 Å². The van der Waals surface area contributed by atoms with E-state index in [9.17, 15) is 14.4 Å². The number of carbonyl (C=O) groups excluding carboxylic acids is 3. The summed E-state index contributed by atoms with van der Waals surface area (Å²) in [5.41, 5.74) is -0.341. The quantitative estimate of drug-likeness (QED) is 0.181. The van der Waals surface area contributed by atoms with E-state index < -0.39 is 23.4 Å². The summed E-state index contributed by atoms with van der Waals surface area (Å²) in [6.45, 7) is 6.97. The van der Waals surface area contributed by atoms with Crippen LogP contribution < -0.4 is 5.32 Å². The second-order valence-electron chi connectivity index (χ2n) is 7.05. The van der Waals surface area contributed by atoms with Crippen molar-refractivity contribution in [1.29, 1.82) is 0 Å². The van der Waals surface area contributed by atoms with Crippen molar-refractivity contribution in [2.45, 2.75) is 33.3 Å². The molecule has 1 N–H and O–H groups in total. The fraction of sp³-hybridized carbons (Fsp3) is 0.286. The van der Waals surface area contributed by atoms with Crippen LogP contribution >= 0.6 is 11.6 Å². The van der Waals surface area contributed by atoms with E-state index in [1.54, 1.807) is 39.8 Å². The first kappa shape index (κ1) is 23.0. The van der Waals surface area contributed by atoms with Crippen LogP contribution in [0.25, 0.3) is 6.08 Å². The number of rotatable bonds is 6. The Kier molecular flexibility index (Phi) is 7.66. The van der Waals surface area contributed by atoms with Gasteiger partial charge in [0.25, 0.3) is 0 Å². The van der Waals surface area contributed by atoms with Crippen LogP contribution in [0.5, 0.6) is 0 Å². The molecule has 0 aliphatic rings. The van der Waals surface area contributed by atoms with Crippen molar-refractivity contribution in [3.8, 4) is 0 Å². The van der Waals surface area contributed by atoms with E-state index in [0.29, 0.717) is 5.56 Å². The van der Waals surface area contributed by atoms with Crippen LogP contribution in [-0.4, -0.2) is 40.0 Å². The minimum Gasteiger partial charge on any atom is -0.462 e. The summed E-state index contributed by atoms with van der Waals surface area (Å²) in [7, 11) is 0. The highest BCUT2D eigenvalue weighted by Crippen LogP contribution is 2.20. The van der Waals surface area contributed by atoms with Gasteiger partial charge in [-0.25, -0.2) is 19.6 Å². The number of pyridine rings is 2. The zero-order valence-corrected chi connectivity index (χ0v) is 17.8. The van der Waals surface area contributed by atoms with Crippen LogP contribution in [0.1, 0.15) is 43.6 Å². The van der Waals surface area contributed by atoms with Gasteiger partial charge in [-0.1, -0.05) is 11.6 Å². The Morgan fingerprint density at radius 2 is 1.90 bits per heavy atom. The summed E-state index contributed by atoms with van der Waals surface area (Å²) in [4.78, 5) is 45.0. The number of ketones is 1. The summed E-state index contributed by atoms with van der Waals surface area (Å²) in [6, 6.07) is 6.11. The first-order chi connectivity index (χ1) is 14.1. The highest BCUT2D eigenvalue weighted by atomic mass is 35.5. The number of hydrogen-bond donors (Lipinski definition) is 1. The second-order valence-corrected chi connectivity index (χ2v) is 7.41. The van der Waals surface area contributed by atoms with Gasteiger partial charge in [-0.2, -0.15) is 0 Å². The third-order valence-corrected chi connectivity index (χ3v) is 3.77. The number of anilines is 1. The molecule has 0 fully saturated rings. The molecule has 158 valence electrons.